The molecule has 9 heteroatoms. The van der Waals surface area contributed by atoms with E-state index in [2.05, 4.69) is 15.4 Å². The molecule has 2 aromatic heterocycles. The van der Waals surface area contributed by atoms with E-state index in [1.807, 2.05) is 19.1 Å². The van der Waals surface area contributed by atoms with Gasteiger partial charge >= 0.3 is 0 Å². The molecule has 0 radical (unpaired) electrons. The highest BCUT2D eigenvalue weighted by atomic mass is 35.5. The van der Waals surface area contributed by atoms with Crippen molar-refractivity contribution in [3.05, 3.63) is 75.9 Å². The van der Waals surface area contributed by atoms with Crippen LogP contribution in [0.1, 0.15) is 5.56 Å². The molecule has 0 unspecified atom stereocenters. The predicted octanol–water partition coefficient (Wildman–Crippen LogP) is 3.19. The van der Waals surface area contributed by atoms with Crippen LogP contribution in [0.15, 0.2) is 59.8 Å². The molecule has 8 nitrogen and oxygen atoms in total. The number of halogens is 1. The first-order valence-corrected chi connectivity index (χ1v) is 9.48. The number of hydrogen-bond acceptors (Lipinski definition) is 5. The van der Waals surface area contributed by atoms with E-state index in [0.717, 1.165) is 11.3 Å². The van der Waals surface area contributed by atoms with Crippen LogP contribution in [0.4, 0.5) is 5.69 Å². The highest BCUT2D eigenvalue weighted by Crippen LogP contribution is 2.23. The topological polar surface area (TPSA) is 91.0 Å². The number of carbonyl (C=O) groups is 1. The Morgan fingerprint density at radius 1 is 1.20 bits per heavy atom. The van der Waals surface area contributed by atoms with Gasteiger partial charge in [-0.1, -0.05) is 17.7 Å². The fourth-order valence-corrected chi connectivity index (χ4v) is 3.24. The predicted molar refractivity (Wildman–Crippen MR) is 114 cm³/mol. The Morgan fingerprint density at radius 3 is 2.70 bits per heavy atom. The number of aromatic nitrogens is 4. The largest absolute Gasteiger partial charge is 0.497 e. The summed E-state index contributed by atoms with van der Waals surface area (Å²) in [5, 5.41) is 7.92. The van der Waals surface area contributed by atoms with Crippen molar-refractivity contribution in [2.75, 3.05) is 12.4 Å². The summed E-state index contributed by atoms with van der Waals surface area (Å²) in [6, 6.07) is 12.5. The number of nitrogens with zero attached hydrogens (tertiary/aromatic N) is 4. The average molecular weight is 424 g/mol. The molecule has 30 heavy (non-hydrogen) atoms. The lowest BCUT2D eigenvalue weighted by molar-refractivity contribution is -0.116. The van der Waals surface area contributed by atoms with Crippen molar-refractivity contribution in [3.63, 3.8) is 0 Å². The van der Waals surface area contributed by atoms with Crippen molar-refractivity contribution in [2.24, 2.45) is 0 Å². The van der Waals surface area contributed by atoms with Crippen molar-refractivity contribution >= 4 is 34.2 Å². The Labute approximate surface area is 176 Å². The minimum atomic E-state index is -0.355. The molecular formula is C21H18ClN5O3. The summed E-state index contributed by atoms with van der Waals surface area (Å²) in [4.78, 5) is 29.6. The van der Waals surface area contributed by atoms with Crippen LogP contribution >= 0.6 is 11.6 Å². The summed E-state index contributed by atoms with van der Waals surface area (Å²) in [6.07, 6.45) is 2.79. The molecule has 0 bridgehead atoms. The summed E-state index contributed by atoms with van der Waals surface area (Å²) in [7, 11) is 1.59. The van der Waals surface area contributed by atoms with Crippen LogP contribution in [0, 0.1) is 6.92 Å². The van der Waals surface area contributed by atoms with Crippen molar-refractivity contribution < 1.29 is 9.53 Å². The van der Waals surface area contributed by atoms with Gasteiger partial charge in [-0.3, -0.25) is 14.2 Å². The minimum Gasteiger partial charge on any atom is -0.497 e. The number of carbonyl (C=O) groups excluding carboxylic acids is 1. The van der Waals surface area contributed by atoms with Crippen LogP contribution in [-0.4, -0.2) is 32.3 Å². The van der Waals surface area contributed by atoms with Crippen LogP contribution in [-0.2, 0) is 11.3 Å². The van der Waals surface area contributed by atoms with E-state index in [-0.39, 0.29) is 18.0 Å². The van der Waals surface area contributed by atoms with Gasteiger partial charge in [0.2, 0.25) is 5.91 Å². The number of hydrogen-bond donors (Lipinski definition) is 1. The number of ether oxygens (including phenoxy) is 1. The van der Waals surface area contributed by atoms with Crippen molar-refractivity contribution in [2.45, 2.75) is 13.5 Å². The van der Waals surface area contributed by atoms with E-state index in [4.69, 9.17) is 16.3 Å². The number of amides is 1. The molecule has 2 aromatic carbocycles. The molecule has 4 rings (SSSR count). The van der Waals surface area contributed by atoms with Crippen molar-refractivity contribution in [3.8, 4) is 11.4 Å². The monoisotopic (exact) mass is 423 g/mol. The van der Waals surface area contributed by atoms with Crippen LogP contribution in [0.3, 0.4) is 0 Å². The molecule has 0 saturated carbocycles. The van der Waals surface area contributed by atoms with E-state index in [1.54, 1.807) is 42.1 Å². The van der Waals surface area contributed by atoms with Gasteiger partial charge in [0.1, 0.15) is 24.0 Å². The third-order valence-electron chi connectivity index (χ3n) is 4.73. The number of nitrogens with one attached hydrogen (secondary N) is 1. The maximum Gasteiger partial charge on any atom is 0.264 e. The summed E-state index contributed by atoms with van der Waals surface area (Å²) in [5.74, 6) is 0.359. The van der Waals surface area contributed by atoms with E-state index < -0.39 is 0 Å². The second-order valence-corrected chi connectivity index (χ2v) is 7.04. The maximum absolute atomic E-state index is 12.8. The molecule has 1 amide bonds. The van der Waals surface area contributed by atoms with Crippen molar-refractivity contribution in [1.82, 2.24) is 19.3 Å². The highest BCUT2D eigenvalue weighted by molar-refractivity contribution is 6.31. The zero-order chi connectivity index (χ0) is 21.3. The first-order valence-electron chi connectivity index (χ1n) is 9.10. The number of fused-ring (bicyclic) bond motifs is 1. The first kappa shape index (κ1) is 19.7. The lowest BCUT2D eigenvalue weighted by atomic mass is 10.2. The van der Waals surface area contributed by atoms with Gasteiger partial charge in [-0.25, -0.2) is 9.67 Å². The minimum absolute atomic E-state index is 0.179. The Bertz CT molecular complexity index is 1290. The third kappa shape index (κ3) is 3.65. The Balaban J connectivity index is 1.60. The lowest BCUT2D eigenvalue weighted by Crippen LogP contribution is -2.28. The summed E-state index contributed by atoms with van der Waals surface area (Å²) in [5.41, 5.74) is 2.16. The normalized spacial score (nSPS) is 10.9. The van der Waals surface area contributed by atoms with Gasteiger partial charge in [-0.05, 0) is 48.9 Å². The van der Waals surface area contributed by atoms with E-state index in [1.165, 1.54) is 17.1 Å². The standard InChI is InChI=1S/C21H18ClN5O3/c1-13-17(22)4-3-5-18(13)25-19(28)11-26-12-23-20-16(21(26)29)10-24-27(20)14-6-8-15(30-2)9-7-14/h3-10,12H,11H2,1-2H3,(H,25,28). The number of rotatable bonds is 5. The van der Waals surface area contributed by atoms with Gasteiger partial charge in [-0.15, -0.1) is 0 Å². The van der Waals surface area contributed by atoms with Crippen molar-refractivity contribution in [1.29, 1.82) is 0 Å². The molecule has 0 aliphatic heterocycles. The van der Waals surface area contributed by atoms with Crippen LogP contribution in [0.25, 0.3) is 16.7 Å². The maximum atomic E-state index is 12.8. The zero-order valence-electron chi connectivity index (χ0n) is 16.3. The Kier molecular flexibility index (Phi) is 5.24. The molecule has 0 saturated heterocycles. The van der Waals surface area contributed by atoms with Crippen LogP contribution in [0.2, 0.25) is 5.02 Å². The van der Waals surface area contributed by atoms with E-state index in [0.29, 0.717) is 27.5 Å². The molecule has 0 spiro atoms. The molecule has 2 heterocycles. The second kappa shape index (κ2) is 8.00. The highest BCUT2D eigenvalue weighted by Gasteiger charge is 2.14. The molecular weight excluding hydrogens is 406 g/mol. The SMILES string of the molecule is COc1ccc(-n2ncc3c(=O)n(CC(=O)Nc4cccc(Cl)c4C)cnc32)cc1. The molecule has 0 aliphatic rings. The second-order valence-electron chi connectivity index (χ2n) is 6.63. The average Bonchev–Trinajstić information content (AvgIpc) is 3.18. The fraction of sp³-hybridized carbons (Fsp3) is 0.143. The molecule has 4 aromatic rings. The third-order valence-corrected chi connectivity index (χ3v) is 5.14. The van der Waals surface area contributed by atoms with Crippen LogP contribution in [0.5, 0.6) is 5.75 Å². The van der Waals surface area contributed by atoms with Gasteiger partial charge in [0, 0.05) is 10.7 Å². The van der Waals surface area contributed by atoms with Gasteiger partial charge in [0.05, 0.1) is 19.0 Å². The van der Waals surface area contributed by atoms with Gasteiger partial charge < -0.3 is 10.1 Å². The van der Waals surface area contributed by atoms with Gasteiger partial charge in [0.25, 0.3) is 5.56 Å². The number of methoxy groups -OCH3 is 1. The number of anilines is 1. The molecule has 0 aliphatic carbocycles. The van der Waals surface area contributed by atoms with Gasteiger partial charge in [0.15, 0.2) is 5.65 Å². The Hall–Kier alpha value is -3.65. The lowest BCUT2D eigenvalue weighted by Gasteiger charge is -2.10. The molecule has 1 N–H and O–H groups in total. The van der Waals surface area contributed by atoms with E-state index >= 15 is 0 Å². The molecule has 0 atom stereocenters. The van der Waals surface area contributed by atoms with Gasteiger partial charge in [-0.2, -0.15) is 5.10 Å². The smallest absolute Gasteiger partial charge is 0.264 e. The molecule has 152 valence electrons. The molecule has 0 fully saturated rings. The van der Waals surface area contributed by atoms with E-state index in [9.17, 15) is 9.59 Å². The fourth-order valence-electron chi connectivity index (χ4n) is 3.06. The van der Waals surface area contributed by atoms with Crippen LogP contribution < -0.4 is 15.6 Å². The Morgan fingerprint density at radius 2 is 1.97 bits per heavy atom. The first-order chi connectivity index (χ1) is 14.5. The zero-order valence-corrected chi connectivity index (χ0v) is 17.1. The summed E-state index contributed by atoms with van der Waals surface area (Å²) < 4.78 is 7.97. The summed E-state index contributed by atoms with van der Waals surface area (Å²) >= 11 is 6.09. The quantitative estimate of drug-likeness (QED) is 0.532. The summed E-state index contributed by atoms with van der Waals surface area (Å²) in [6.45, 7) is 1.63. The number of benzene rings is 2.